The van der Waals surface area contributed by atoms with Crippen LogP contribution in [0.1, 0.15) is 19.8 Å². The van der Waals surface area contributed by atoms with Gasteiger partial charge in [0.25, 0.3) is 11.4 Å². The smallest absolute Gasteiger partial charge is 0.278 e. The van der Waals surface area contributed by atoms with Crippen molar-refractivity contribution in [1.82, 2.24) is 4.31 Å². The first kappa shape index (κ1) is 13.1. The molecule has 0 atom stereocenters. The van der Waals surface area contributed by atoms with E-state index in [2.05, 4.69) is 4.74 Å². The number of hydrogen-bond donors (Lipinski definition) is 0. The van der Waals surface area contributed by atoms with Crippen LogP contribution in [0.3, 0.4) is 0 Å². The summed E-state index contributed by atoms with van der Waals surface area (Å²) in [5.41, 5.74) is 0. The molecule has 0 aromatic rings. The van der Waals surface area contributed by atoms with Gasteiger partial charge in [-0.2, -0.15) is 4.31 Å². The lowest BCUT2D eigenvalue weighted by molar-refractivity contribution is 0.175. The lowest BCUT2D eigenvalue weighted by Crippen LogP contribution is -2.26. The van der Waals surface area contributed by atoms with Crippen LogP contribution in [0.5, 0.6) is 0 Å². The fraction of sp³-hybridized carbons (Fsp3) is 1.00. The Morgan fingerprint density at radius 1 is 1.23 bits per heavy atom. The molecule has 0 aliphatic rings. The van der Waals surface area contributed by atoms with Gasteiger partial charge in [-0.05, 0) is 6.42 Å². The number of nitrogens with zero attached hydrogens (tertiary/aromatic N) is 1. The van der Waals surface area contributed by atoms with Gasteiger partial charge in [-0.15, -0.1) is 11.7 Å². The predicted molar refractivity (Wildman–Crippen MR) is 49.3 cm³/mol. The van der Waals surface area contributed by atoms with E-state index < -0.39 is 11.4 Å². The van der Waals surface area contributed by atoms with Crippen molar-refractivity contribution in [2.45, 2.75) is 19.8 Å². The number of halogens is 3. The quantitative estimate of drug-likeness (QED) is 0.652. The van der Waals surface area contributed by atoms with Crippen LogP contribution in [0, 0.1) is 0 Å². The molecule has 2 nitrogen and oxygen atoms in total. The third-order valence-corrected chi connectivity index (χ3v) is 2.55. The molecule has 0 amide bonds. The van der Waals surface area contributed by atoms with Gasteiger partial charge in [-0.3, -0.25) is 0 Å². The maximum absolute atomic E-state index is 12.3. The highest BCUT2D eigenvalue weighted by molar-refractivity contribution is 8.18. The Kier molecular flexibility index (Phi) is 6.53. The van der Waals surface area contributed by atoms with Crippen molar-refractivity contribution < 1.29 is 16.4 Å². The Labute approximate surface area is 79.4 Å². The zero-order valence-corrected chi connectivity index (χ0v) is 8.75. The van der Waals surface area contributed by atoms with Crippen LogP contribution in [0.15, 0.2) is 0 Å². The van der Waals surface area contributed by atoms with E-state index in [9.17, 15) is 11.7 Å². The molecule has 0 aromatic carbocycles. The second-order valence-corrected chi connectivity index (χ2v) is 3.94. The zero-order valence-electron chi connectivity index (χ0n) is 7.93. The van der Waals surface area contributed by atoms with Crippen LogP contribution in [-0.2, 0) is 4.74 Å². The summed E-state index contributed by atoms with van der Waals surface area (Å²) in [7, 11) is 1.41. The first-order valence-corrected chi connectivity index (χ1v) is 5.47. The highest BCUT2D eigenvalue weighted by Crippen LogP contribution is 2.56. The monoisotopic (exact) mass is 219 g/mol. The van der Waals surface area contributed by atoms with Gasteiger partial charge in [-0.1, -0.05) is 13.3 Å². The van der Waals surface area contributed by atoms with E-state index in [1.807, 2.05) is 6.92 Å². The number of methoxy groups -OCH3 is 1. The van der Waals surface area contributed by atoms with Crippen molar-refractivity contribution in [3.63, 3.8) is 0 Å². The topological polar surface area (TPSA) is 12.5 Å². The molecule has 0 bridgehead atoms. The average molecular weight is 219 g/mol. The fourth-order valence-electron chi connectivity index (χ4n) is 0.846. The molecular weight excluding hydrogens is 203 g/mol. The predicted octanol–water partition coefficient (Wildman–Crippen LogP) is 3.11. The van der Waals surface area contributed by atoms with Crippen molar-refractivity contribution >= 4 is 11.4 Å². The van der Waals surface area contributed by atoms with E-state index in [-0.39, 0.29) is 19.7 Å². The number of rotatable bonds is 7. The number of hydrogen-bond acceptors (Lipinski definition) is 2. The highest BCUT2D eigenvalue weighted by atomic mass is 32.3. The van der Waals surface area contributed by atoms with E-state index in [4.69, 9.17) is 0 Å². The van der Waals surface area contributed by atoms with Gasteiger partial charge in [0, 0.05) is 20.2 Å². The standard InChI is InChI=1S/C7H16F3NOS/c1-3-4-5-11(6-7-12-2)13(8,9)10/h3-7H2,1-2H3. The van der Waals surface area contributed by atoms with E-state index in [1.165, 1.54) is 7.11 Å². The Bertz CT molecular complexity index is 123. The lowest BCUT2D eigenvalue weighted by atomic mass is 10.3. The maximum Gasteiger partial charge on any atom is 0.278 e. The number of ether oxygens (including phenoxy) is 1. The van der Waals surface area contributed by atoms with Gasteiger partial charge in [0.15, 0.2) is 0 Å². The van der Waals surface area contributed by atoms with E-state index >= 15 is 0 Å². The summed E-state index contributed by atoms with van der Waals surface area (Å²) in [6.07, 6.45) is 1.36. The summed E-state index contributed by atoms with van der Waals surface area (Å²) in [6.45, 7) is 2.06. The Hall–Kier alpha value is 0.0600. The normalized spacial score (nSPS) is 13.7. The molecule has 6 heteroatoms. The van der Waals surface area contributed by atoms with Gasteiger partial charge in [-0.25, -0.2) is 0 Å². The molecule has 0 rings (SSSR count). The van der Waals surface area contributed by atoms with Crippen molar-refractivity contribution in [1.29, 1.82) is 0 Å². The molecule has 0 unspecified atom stereocenters. The van der Waals surface area contributed by atoms with Gasteiger partial charge in [0.05, 0.1) is 6.61 Å². The molecule has 0 heterocycles. The molecule has 0 aliphatic carbocycles. The summed E-state index contributed by atoms with van der Waals surface area (Å²) >= 11 is -5.06. The summed E-state index contributed by atoms with van der Waals surface area (Å²) in [4.78, 5) is 0. The minimum atomic E-state index is -5.06. The maximum atomic E-state index is 12.3. The first-order chi connectivity index (χ1) is 6.02. The van der Waals surface area contributed by atoms with Crippen molar-refractivity contribution in [2.24, 2.45) is 0 Å². The molecule has 0 aliphatic heterocycles. The van der Waals surface area contributed by atoms with E-state index in [1.54, 1.807) is 0 Å². The summed E-state index contributed by atoms with van der Waals surface area (Å²) in [5.74, 6) is 0. The van der Waals surface area contributed by atoms with Crippen LogP contribution in [0.4, 0.5) is 11.7 Å². The van der Waals surface area contributed by atoms with Crippen molar-refractivity contribution in [3.05, 3.63) is 0 Å². The zero-order chi connectivity index (χ0) is 10.3. The van der Waals surface area contributed by atoms with Crippen molar-refractivity contribution in [3.8, 4) is 0 Å². The molecule has 0 saturated heterocycles. The molecule has 0 N–H and O–H groups in total. The third-order valence-electron chi connectivity index (χ3n) is 1.60. The number of unbranched alkanes of at least 4 members (excludes halogenated alkanes) is 1. The van der Waals surface area contributed by atoms with Crippen molar-refractivity contribution in [2.75, 3.05) is 26.8 Å². The Morgan fingerprint density at radius 2 is 1.85 bits per heavy atom. The highest BCUT2D eigenvalue weighted by Gasteiger charge is 2.30. The minimum absolute atomic E-state index is 0.0463. The van der Waals surface area contributed by atoms with Crippen LogP contribution in [0.25, 0.3) is 0 Å². The van der Waals surface area contributed by atoms with E-state index in [0.717, 1.165) is 6.42 Å². The molecular formula is C7H16F3NOS. The fourth-order valence-corrected chi connectivity index (χ4v) is 1.46. The molecule has 13 heavy (non-hydrogen) atoms. The molecule has 82 valence electrons. The van der Waals surface area contributed by atoms with Gasteiger partial charge in [0.2, 0.25) is 0 Å². The molecule has 0 fully saturated rings. The second-order valence-electron chi connectivity index (χ2n) is 2.66. The molecule has 0 radical (unpaired) electrons. The summed E-state index contributed by atoms with van der Waals surface area (Å²) in [5, 5.41) is 0. The van der Waals surface area contributed by atoms with E-state index in [0.29, 0.717) is 10.7 Å². The minimum Gasteiger partial charge on any atom is -0.383 e. The lowest BCUT2D eigenvalue weighted by Gasteiger charge is -2.26. The van der Waals surface area contributed by atoms with Crippen LogP contribution in [0.2, 0.25) is 0 Å². The van der Waals surface area contributed by atoms with Crippen LogP contribution >= 0.6 is 11.4 Å². The average Bonchev–Trinajstić information content (AvgIpc) is 2.02. The summed E-state index contributed by atoms with van der Waals surface area (Å²) < 4.78 is 42.1. The second kappa shape index (κ2) is 6.50. The van der Waals surface area contributed by atoms with Crippen LogP contribution in [-0.4, -0.2) is 31.1 Å². The largest absolute Gasteiger partial charge is 0.383 e. The molecule has 0 spiro atoms. The molecule has 0 aromatic heterocycles. The van der Waals surface area contributed by atoms with Gasteiger partial charge < -0.3 is 4.74 Å². The third kappa shape index (κ3) is 6.17. The summed E-state index contributed by atoms with van der Waals surface area (Å²) in [6, 6.07) is 0. The first-order valence-electron chi connectivity index (χ1n) is 4.18. The van der Waals surface area contributed by atoms with Crippen LogP contribution < -0.4 is 0 Å². The van der Waals surface area contributed by atoms with Gasteiger partial charge >= 0.3 is 0 Å². The Balaban J connectivity index is 3.88. The SMILES string of the molecule is CCCCN(CCOC)S(F)(F)F. The molecule has 0 saturated carbocycles. The van der Waals surface area contributed by atoms with Gasteiger partial charge in [0.1, 0.15) is 0 Å². The Morgan fingerprint density at radius 3 is 2.23 bits per heavy atom.